The summed E-state index contributed by atoms with van der Waals surface area (Å²) < 4.78 is 0. The zero-order valence-corrected chi connectivity index (χ0v) is 5.56. The quantitative estimate of drug-likeness (QED) is 0.398. The lowest BCUT2D eigenvalue weighted by Gasteiger charge is -2.00. The fraction of sp³-hybridized carbons (Fsp3) is 0.167. The van der Waals surface area contributed by atoms with E-state index in [0.717, 1.165) is 0 Å². The Morgan fingerprint density at radius 1 is 1.67 bits per heavy atom. The van der Waals surface area contributed by atoms with Gasteiger partial charge in [-0.25, -0.2) is 0 Å². The van der Waals surface area contributed by atoms with Crippen molar-refractivity contribution in [3.8, 4) is 0 Å². The molecular formula is C6H5N2S. The molecule has 0 bridgehead atoms. The van der Waals surface area contributed by atoms with Crippen molar-refractivity contribution in [3.63, 3.8) is 0 Å². The summed E-state index contributed by atoms with van der Waals surface area (Å²) in [5.41, 5.74) is 8.80. The van der Waals surface area contributed by atoms with Crippen LogP contribution in [0.3, 0.4) is 0 Å². The molecule has 0 saturated heterocycles. The predicted molar refractivity (Wildman–Crippen MR) is 39.0 cm³/mol. The second-order valence-corrected chi connectivity index (χ2v) is 2.20. The van der Waals surface area contributed by atoms with Crippen LogP contribution in [0.5, 0.6) is 0 Å². The first-order valence-electron chi connectivity index (χ1n) is 2.59. The average Bonchev–Trinajstić information content (AvgIpc) is 1.89. The Kier molecular flexibility index (Phi) is 1.85. The van der Waals surface area contributed by atoms with Gasteiger partial charge in [0, 0.05) is 11.3 Å². The third-order valence-corrected chi connectivity index (χ3v) is 1.46. The third kappa shape index (κ3) is 1.29. The van der Waals surface area contributed by atoms with E-state index < -0.39 is 0 Å². The predicted octanol–water partition coefficient (Wildman–Crippen LogP) is 1.45. The van der Waals surface area contributed by atoms with Crippen LogP contribution in [0, 0.1) is 0 Å². The summed E-state index contributed by atoms with van der Waals surface area (Å²) in [6.45, 7) is 0. The van der Waals surface area contributed by atoms with E-state index in [1.165, 1.54) is 0 Å². The van der Waals surface area contributed by atoms with E-state index in [0.29, 0.717) is 17.0 Å². The van der Waals surface area contributed by atoms with Crippen molar-refractivity contribution >= 4 is 17.1 Å². The van der Waals surface area contributed by atoms with Gasteiger partial charge in [0.05, 0.1) is 0 Å². The molecular weight excluding hydrogens is 132 g/mol. The van der Waals surface area contributed by atoms with E-state index in [4.69, 9.17) is 17.7 Å². The summed E-state index contributed by atoms with van der Waals surface area (Å²) in [6.07, 6.45) is 6.15. The minimum atomic E-state index is 0.507. The van der Waals surface area contributed by atoms with Crippen LogP contribution in [0.2, 0.25) is 0 Å². The number of hydrogen-bond donors (Lipinski definition) is 0. The highest BCUT2D eigenvalue weighted by atomic mass is 32.1. The first-order valence-corrected chi connectivity index (χ1v) is 3.00. The smallest absolute Gasteiger partial charge is 0.102 e. The van der Waals surface area contributed by atoms with Crippen LogP contribution in [0.1, 0.15) is 6.42 Å². The maximum Gasteiger partial charge on any atom is 0.102 e. The average molecular weight is 137 g/mol. The van der Waals surface area contributed by atoms with Gasteiger partial charge in [-0.15, -0.1) is 5.11 Å². The van der Waals surface area contributed by atoms with E-state index in [9.17, 15) is 0 Å². The van der Waals surface area contributed by atoms with Crippen LogP contribution in [0.4, 0.5) is 0 Å². The molecule has 0 spiro atoms. The van der Waals surface area contributed by atoms with Gasteiger partial charge in [0.1, 0.15) is 5.70 Å². The monoisotopic (exact) mass is 137 g/mol. The molecule has 1 aliphatic carbocycles. The maximum atomic E-state index is 8.30. The molecule has 0 aromatic heterocycles. The van der Waals surface area contributed by atoms with Crippen molar-refractivity contribution in [2.75, 3.05) is 0 Å². The molecule has 0 aromatic rings. The third-order valence-electron chi connectivity index (χ3n) is 1.09. The van der Waals surface area contributed by atoms with Crippen molar-refractivity contribution in [3.05, 3.63) is 23.9 Å². The molecule has 0 unspecified atom stereocenters. The molecule has 0 N–H and O–H groups in total. The SMILES string of the molecule is [N]=NC1=CC=CCC1=S. The standard InChI is InChI=1S/C6H5N2S/c7-8-5-3-1-2-4-6(5)9/h1-3H,4H2. The molecule has 0 amide bonds. The van der Waals surface area contributed by atoms with Crippen molar-refractivity contribution in [1.82, 2.24) is 5.53 Å². The fourth-order valence-corrected chi connectivity index (χ4v) is 0.826. The molecule has 0 aliphatic heterocycles. The van der Waals surface area contributed by atoms with Gasteiger partial charge in [-0.05, 0) is 11.6 Å². The Morgan fingerprint density at radius 2 is 2.44 bits per heavy atom. The molecule has 0 saturated carbocycles. The minimum absolute atomic E-state index is 0.507. The van der Waals surface area contributed by atoms with E-state index in [-0.39, 0.29) is 0 Å². The molecule has 0 aromatic carbocycles. The minimum Gasteiger partial charge on any atom is -0.128 e. The molecule has 9 heavy (non-hydrogen) atoms. The molecule has 3 heteroatoms. The van der Waals surface area contributed by atoms with Crippen LogP contribution in [0.25, 0.3) is 0 Å². The summed E-state index contributed by atoms with van der Waals surface area (Å²) in [7, 11) is 0. The summed E-state index contributed by atoms with van der Waals surface area (Å²) >= 11 is 4.85. The van der Waals surface area contributed by atoms with Gasteiger partial charge in [-0.3, -0.25) is 0 Å². The van der Waals surface area contributed by atoms with Gasteiger partial charge < -0.3 is 0 Å². The van der Waals surface area contributed by atoms with Crippen LogP contribution in [-0.2, 0) is 0 Å². The number of hydrogen-bond acceptors (Lipinski definition) is 2. The first-order chi connectivity index (χ1) is 4.34. The Balaban J connectivity index is 2.86. The highest BCUT2D eigenvalue weighted by Crippen LogP contribution is 2.09. The zero-order chi connectivity index (χ0) is 6.69. The highest BCUT2D eigenvalue weighted by molar-refractivity contribution is 7.80. The molecule has 0 fully saturated rings. The second kappa shape index (κ2) is 2.64. The largest absolute Gasteiger partial charge is 0.128 e. The lowest BCUT2D eigenvalue weighted by atomic mass is 10.1. The summed E-state index contributed by atoms with van der Waals surface area (Å²) in [4.78, 5) is 0.694. The van der Waals surface area contributed by atoms with Gasteiger partial charge in [0.25, 0.3) is 0 Å². The van der Waals surface area contributed by atoms with E-state index >= 15 is 0 Å². The van der Waals surface area contributed by atoms with Crippen LogP contribution in [0.15, 0.2) is 29.0 Å². The lowest BCUT2D eigenvalue weighted by molar-refractivity contribution is 1.23. The number of thiocarbonyl (C=S) groups is 1. The molecule has 45 valence electrons. The van der Waals surface area contributed by atoms with Crippen LogP contribution in [-0.4, -0.2) is 4.86 Å². The fourth-order valence-electron chi connectivity index (χ4n) is 0.621. The van der Waals surface area contributed by atoms with Gasteiger partial charge in [0.15, 0.2) is 0 Å². The van der Waals surface area contributed by atoms with Crippen LogP contribution >= 0.6 is 12.2 Å². The molecule has 2 nitrogen and oxygen atoms in total. The Hall–Kier alpha value is -0.830. The Labute approximate surface area is 58.8 Å². The Morgan fingerprint density at radius 3 is 2.89 bits per heavy atom. The highest BCUT2D eigenvalue weighted by Gasteiger charge is 2.03. The topological polar surface area (TPSA) is 34.7 Å². The number of allylic oxidation sites excluding steroid dienone is 4. The van der Waals surface area contributed by atoms with Crippen molar-refractivity contribution in [2.24, 2.45) is 5.11 Å². The maximum absolute atomic E-state index is 8.30. The van der Waals surface area contributed by atoms with Crippen molar-refractivity contribution < 1.29 is 0 Å². The summed E-state index contributed by atoms with van der Waals surface area (Å²) in [6, 6.07) is 0. The van der Waals surface area contributed by atoms with Crippen molar-refractivity contribution in [1.29, 1.82) is 0 Å². The van der Waals surface area contributed by atoms with Gasteiger partial charge in [-0.2, -0.15) is 0 Å². The molecule has 1 aliphatic rings. The van der Waals surface area contributed by atoms with Crippen molar-refractivity contribution in [2.45, 2.75) is 6.42 Å². The Bertz CT molecular complexity index is 203. The zero-order valence-electron chi connectivity index (χ0n) is 4.74. The summed E-state index contributed by atoms with van der Waals surface area (Å²) in [5.74, 6) is 0. The molecule has 0 atom stereocenters. The van der Waals surface area contributed by atoms with E-state index in [1.54, 1.807) is 6.08 Å². The van der Waals surface area contributed by atoms with Gasteiger partial charge in [0.2, 0.25) is 0 Å². The summed E-state index contributed by atoms with van der Waals surface area (Å²) in [5, 5.41) is 3.00. The van der Waals surface area contributed by atoms with Gasteiger partial charge >= 0.3 is 0 Å². The molecule has 0 heterocycles. The van der Waals surface area contributed by atoms with Gasteiger partial charge in [-0.1, -0.05) is 24.4 Å². The number of rotatable bonds is 1. The normalized spacial score (nSPS) is 17.3. The van der Waals surface area contributed by atoms with E-state index in [1.807, 2.05) is 12.2 Å². The number of nitrogens with zero attached hydrogens (tertiary/aromatic N) is 2. The second-order valence-electron chi connectivity index (χ2n) is 1.71. The lowest BCUT2D eigenvalue weighted by Crippen LogP contribution is -1.97. The van der Waals surface area contributed by atoms with E-state index in [2.05, 4.69) is 5.11 Å². The van der Waals surface area contributed by atoms with Crippen LogP contribution < -0.4 is 5.53 Å². The molecule has 1 radical (unpaired) electrons. The first kappa shape index (κ1) is 6.29. The molecule has 1 rings (SSSR count).